The van der Waals surface area contributed by atoms with Gasteiger partial charge in [-0.05, 0) is 35.4 Å². The van der Waals surface area contributed by atoms with Gasteiger partial charge in [-0.1, -0.05) is 31.2 Å². The highest BCUT2D eigenvalue weighted by molar-refractivity contribution is 7.17. The Kier molecular flexibility index (Phi) is 5.35. The van der Waals surface area contributed by atoms with Gasteiger partial charge in [0.1, 0.15) is 11.5 Å². The smallest absolute Gasteiger partial charge is 0.308 e. The van der Waals surface area contributed by atoms with Gasteiger partial charge in [-0.25, -0.2) is 0 Å². The van der Waals surface area contributed by atoms with E-state index in [0.29, 0.717) is 18.0 Å². The minimum Gasteiger partial charge on any atom is -0.493 e. The zero-order valence-electron chi connectivity index (χ0n) is 12.2. The zero-order valence-corrected chi connectivity index (χ0v) is 13.4. The van der Waals surface area contributed by atoms with Crippen LogP contribution in [0.2, 0.25) is 0 Å². The van der Waals surface area contributed by atoms with Crippen molar-refractivity contribution in [3.8, 4) is 22.6 Å². The summed E-state index contributed by atoms with van der Waals surface area (Å²) in [7, 11) is 2.71. The Hall–Kier alpha value is -1.86. The summed E-state index contributed by atoms with van der Waals surface area (Å²) < 4.78 is 10.7. The van der Waals surface area contributed by atoms with Gasteiger partial charge >= 0.3 is 5.97 Å². The van der Waals surface area contributed by atoms with E-state index in [9.17, 15) is 4.79 Å². The van der Waals surface area contributed by atoms with Crippen molar-refractivity contribution in [1.29, 1.82) is 0 Å². The molecule has 0 fully saturated rings. The van der Waals surface area contributed by atoms with Crippen molar-refractivity contribution in [2.75, 3.05) is 6.61 Å². The second-order valence-corrected chi connectivity index (χ2v) is 6.07. The molecule has 0 N–H and O–H groups in total. The van der Waals surface area contributed by atoms with Gasteiger partial charge in [-0.2, -0.15) is 0 Å². The van der Waals surface area contributed by atoms with E-state index in [1.807, 2.05) is 36.4 Å². The molecule has 0 spiro atoms. The Balaban J connectivity index is 2.06. The molecule has 2 unspecified atom stereocenters. The van der Waals surface area contributed by atoms with Crippen LogP contribution in [-0.4, -0.2) is 18.2 Å². The predicted octanol–water partition coefficient (Wildman–Crippen LogP) is 3.92. The maximum absolute atomic E-state index is 10.9. The Labute approximate surface area is 127 Å². The Morgan fingerprint density at radius 2 is 1.48 bits per heavy atom. The van der Waals surface area contributed by atoms with Crippen LogP contribution in [-0.2, 0) is 4.79 Å². The highest BCUT2D eigenvalue weighted by Crippen LogP contribution is 2.24. The highest BCUT2D eigenvalue weighted by atomic mass is 31.0. The van der Waals surface area contributed by atoms with Gasteiger partial charge in [-0.15, -0.1) is 9.24 Å². The topological polar surface area (TPSA) is 35.5 Å². The molecule has 0 aromatic heterocycles. The highest BCUT2D eigenvalue weighted by Gasteiger charge is 2.02. The molecule has 0 aliphatic carbocycles. The van der Waals surface area contributed by atoms with Gasteiger partial charge in [-0.3, -0.25) is 4.79 Å². The van der Waals surface area contributed by atoms with Crippen LogP contribution in [0.4, 0.5) is 0 Å². The molecule has 0 saturated heterocycles. The number of hydrogen-bond donors (Lipinski definition) is 0. The van der Waals surface area contributed by atoms with E-state index in [2.05, 4.69) is 16.2 Å². The third-order valence-corrected chi connectivity index (χ3v) is 3.01. The third-order valence-electron chi connectivity index (χ3n) is 2.82. The summed E-state index contributed by atoms with van der Waals surface area (Å²) in [5.74, 6) is 1.11. The minimum atomic E-state index is -0.312. The summed E-state index contributed by atoms with van der Waals surface area (Å²) in [6.07, 6.45) is 0. The fraction of sp³-hybridized carbons (Fsp3) is 0.235. The number of esters is 1. The van der Waals surface area contributed by atoms with Crippen molar-refractivity contribution in [3.63, 3.8) is 0 Å². The fourth-order valence-corrected chi connectivity index (χ4v) is 1.95. The molecule has 2 atom stereocenters. The van der Waals surface area contributed by atoms with E-state index in [0.717, 1.165) is 16.9 Å². The zero-order chi connectivity index (χ0) is 15.2. The number of benzene rings is 2. The van der Waals surface area contributed by atoms with E-state index < -0.39 is 0 Å². The quantitative estimate of drug-likeness (QED) is 0.477. The summed E-state index contributed by atoms with van der Waals surface area (Å²) >= 11 is 0. The lowest BCUT2D eigenvalue weighted by Gasteiger charge is -2.09. The fourth-order valence-electron chi connectivity index (χ4n) is 1.85. The van der Waals surface area contributed by atoms with Gasteiger partial charge < -0.3 is 9.47 Å². The first kappa shape index (κ1) is 15.5. The Bertz CT molecular complexity index is 588. The van der Waals surface area contributed by atoms with E-state index in [4.69, 9.17) is 9.47 Å². The monoisotopic (exact) mass is 302 g/mol. The van der Waals surface area contributed by atoms with Gasteiger partial charge in [0, 0.05) is 12.6 Å². The van der Waals surface area contributed by atoms with Gasteiger partial charge in [0.25, 0.3) is 0 Å². The average molecular weight is 302 g/mol. The van der Waals surface area contributed by atoms with Crippen molar-refractivity contribution in [3.05, 3.63) is 48.5 Å². The van der Waals surface area contributed by atoms with Crippen LogP contribution in [0.1, 0.15) is 13.8 Å². The van der Waals surface area contributed by atoms with Crippen LogP contribution in [0.15, 0.2) is 48.5 Å². The molecule has 0 aliphatic heterocycles. The second-order valence-electron chi connectivity index (χ2n) is 4.93. The van der Waals surface area contributed by atoms with Crippen molar-refractivity contribution >= 4 is 15.2 Å². The molecule has 0 aliphatic rings. The molecule has 21 heavy (non-hydrogen) atoms. The van der Waals surface area contributed by atoms with E-state index in [-0.39, 0.29) is 5.97 Å². The first-order valence-corrected chi connectivity index (χ1v) is 7.48. The predicted molar refractivity (Wildman–Crippen MR) is 87.9 cm³/mol. The molecule has 2 rings (SSSR count). The molecule has 0 saturated carbocycles. The van der Waals surface area contributed by atoms with Gasteiger partial charge in [0.2, 0.25) is 0 Å². The van der Waals surface area contributed by atoms with Crippen LogP contribution in [0, 0.1) is 0 Å². The number of carbonyl (C=O) groups is 1. The molecule has 4 heteroatoms. The first-order chi connectivity index (χ1) is 10.0. The summed E-state index contributed by atoms with van der Waals surface area (Å²) in [6.45, 7) is 4.16. The summed E-state index contributed by atoms with van der Waals surface area (Å²) in [5.41, 5.74) is 2.59. The molecule has 0 amide bonds. The molecule has 110 valence electrons. The molecule has 2 aromatic carbocycles. The molecular weight excluding hydrogens is 283 g/mol. The van der Waals surface area contributed by atoms with Crippen molar-refractivity contribution in [2.24, 2.45) is 0 Å². The molecule has 0 heterocycles. The van der Waals surface area contributed by atoms with Gasteiger partial charge in [0.05, 0.1) is 6.61 Å². The maximum atomic E-state index is 10.9. The van der Waals surface area contributed by atoms with Crippen LogP contribution < -0.4 is 9.47 Å². The Morgan fingerprint density at radius 3 is 1.90 bits per heavy atom. The first-order valence-electron chi connectivity index (χ1n) is 6.82. The van der Waals surface area contributed by atoms with Crippen molar-refractivity contribution in [2.45, 2.75) is 19.5 Å². The third kappa shape index (κ3) is 4.87. The number of rotatable bonds is 5. The lowest BCUT2D eigenvalue weighted by Crippen LogP contribution is -2.06. The Morgan fingerprint density at radius 1 is 1.00 bits per heavy atom. The van der Waals surface area contributed by atoms with E-state index in [1.165, 1.54) is 6.92 Å². The number of hydrogen-bond acceptors (Lipinski definition) is 3. The van der Waals surface area contributed by atoms with Crippen LogP contribution in [0.3, 0.4) is 0 Å². The van der Waals surface area contributed by atoms with Crippen LogP contribution in [0.5, 0.6) is 11.5 Å². The molecule has 2 aromatic rings. The SMILES string of the molecule is CC(=O)Oc1ccc(-c2ccc(OCC(C)P)cc2)cc1. The molecule has 3 nitrogen and oxygen atoms in total. The summed E-state index contributed by atoms with van der Waals surface area (Å²) in [5, 5.41) is 0. The van der Waals surface area contributed by atoms with Gasteiger partial charge in [0.15, 0.2) is 0 Å². The number of ether oxygens (including phenoxy) is 2. The minimum absolute atomic E-state index is 0.312. The normalized spacial score (nSPS) is 11.8. The van der Waals surface area contributed by atoms with E-state index >= 15 is 0 Å². The van der Waals surface area contributed by atoms with Crippen molar-refractivity contribution < 1.29 is 14.3 Å². The molecule has 0 radical (unpaired) electrons. The molecule has 0 bridgehead atoms. The lowest BCUT2D eigenvalue weighted by atomic mass is 10.1. The van der Waals surface area contributed by atoms with E-state index in [1.54, 1.807) is 12.1 Å². The molecular formula is C17H19O3P. The maximum Gasteiger partial charge on any atom is 0.308 e. The second kappa shape index (κ2) is 7.24. The van der Waals surface area contributed by atoms with Crippen LogP contribution in [0.25, 0.3) is 11.1 Å². The largest absolute Gasteiger partial charge is 0.493 e. The average Bonchev–Trinajstić information content (AvgIpc) is 2.46. The van der Waals surface area contributed by atoms with Crippen molar-refractivity contribution in [1.82, 2.24) is 0 Å². The lowest BCUT2D eigenvalue weighted by molar-refractivity contribution is -0.131. The summed E-state index contributed by atoms with van der Waals surface area (Å²) in [4.78, 5) is 10.9. The standard InChI is InChI=1S/C17H19O3P/c1-12(21)11-19-16-7-3-14(4-8-16)15-5-9-17(10-6-15)20-13(2)18/h3-10,12H,11,21H2,1-2H3. The van der Waals surface area contributed by atoms with Crippen LogP contribution >= 0.6 is 9.24 Å². The number of carbonyl (C=O) groups excluding carboxylic acids is 1. The summed E-state index contributed by atoms with van der Waals surface area (Å²) in [6, 6.07) is 15.4.